The molecular formula is C16H14BrFN2O. The van der Waals surface area contributed by atoms with Crippen LogP contribution in [0, 0.1) is 12.7 Å². The van der Waals surface area contributed by atoms with E-state index in [1.165, 1.54) is 12.1 Å². The van der Waals surface area contributed by atoms with Crippen molar-refractivity contribution >= 4 is 26.9 Å². The lowest BCUT2D eigenvalue weighted by molar-refractivity contribution is 0.477. The number of nitrogens with two attached hydrogens (primary N) is 1. The number of nitrogens with one attached hydrogen (secondary N) is 1. The molecule has 0 radical (unpaired) electrons. The van der Waals surface area contributed by atoms with Crippen LogP contribution in [0.3, 0.4) is 0 Å². The maximum atomic E-state index is 13.3. The maximum Gasteiger partial charge on any atom is 0.134 e. The number of halogens is 2. The Morgan fingerprint density at radius 1 is 1.19 bits per heavy atom. The smallest absolute Gasteiger partial charge is 0.134 e. The molecule has 3 N–H and O–H groups in total. The standard InChI is InChI=1S/C16H14BrFN2O/c1-9-4-11(6-12(17)5-9)16(20-19)15-8-10-7-13(18)2-3-14(10)21-15/h2-8,16,20H,19H2,1H3. The van der Waals surface area contributed by atoms with E-state index in [9.17, 15) is 4.39 Å². The van der Waals surface area contributed by atoms with E-state index in [4.69, 9.17) is 10.3 Å². The van der Waals surface area contributed by atoms with Gasteiger partial charge in [0.25, 0.3) is 0 Å². The Hall–Kier alpha value is -1.69. The van der Waals surface area contributed by atoms with Crippen molar-refractivity contribution in [1.29, 1.82) is 0 Å². The minimum Gasteiger partial charge on any atom is -0.459 e. The second-order valence-corrected chi connectivity index (χ2v) is 5.91. The van der Waals surface area contributed by atoms with Crippen LogP contribution in [0.2, 0.25) is 0 Å². The summed E-state index contributed by atoms with van der Waals surface area (Å²) >= 11 is 3.48. The molecule has 0 bridgehead atoms. The lowest BCUT2D eigenvalue weighted by Crippen LogP contribution is -2.28. The molecule has 0 saturated heterocycles. The molecule has 1 unspecified atom stereocenters. The summed E-state index contributed by atoms with van der Waals surface area (Å²) in [6, 6.07) is 12.0. The Labute approximate surface area is 130 Å². The van der Waals surface area contributed by atoms with E-state index in [-0.39, 0.29) is 11.9 Å². The zero-order chi connectivity index (χ0) is 15.0. The van der Waals surface area contributed by atoms with Crippen LogP contribution in [0.5, 0.6) is 0 Å². The van der Waals surface area contributed by atoms with Crippen LogP contribution in [-0.4, -0.2) is 0 Å². The molecule has 21 heavy (non-hydrogen) atoms. The Balaban J connectivity index is 2.08. The van der Waals surface area contributed by atoms with Crippen molar-refractivity contribution in [2.45, 2.75) is 13.0 Å². The lowest BCUT2D eigenvalue weighted by Gasteiger charge is -2.14. The minimum atomic E-state index is -0.295. The zero-order valence-electron chi connectivity index (χ0n) is 11.4. The van der Waals surface area contributed by atoms with Gasteiger partial charge in [-0.2, -0.15) is 0 Å². The second-order valence-electron chi connectivity index (χ2n) is 4.99. The largest absolute Gasteiger partial charge is 0.459 e. The maximum absolute atomic E-state index is 13.3. The Kier molecular flexibility index (Phi) is 3.80. The summed E-state index contributed by atoms with van der Waals surface area (Å²) in [5.74, 6) is 6.05. The Morgan fingerprint density at radius 3 is 2.71 bits per heavy atom. The van der Waals surface area contributed by atoms with Crippen molar-refractivity contribution < 1.29 is 8.81 Å². The Morgan fingerprint density at radius 2 is 2.00 bits per heavy atom. The minimum absolute atomic E-state index is 0.287. The summed E-state index contributed by atoms with van der Waals surface area (Å²) in [6.45, 7) is 2.01. The number of fused-ring (bicyclic) bond motifs is 1. The molecule has 2 aromatic carbocycles. The SMILES string of the molecule is Cc1cc(Br)cc(C(NN)c2cc3cc(F)ccc3o2)c1. The van der Waals surface area contributed by atoms with Crippen molar-refractivity contribution in [3.05, 3.63) is 69.6 Å². The first-order chi connectivity index (χ1) is 10.1. The number of hydrogen-bond donors (Lipinski definition) is 2. The predicted molar refractivity (Wildman–Crippen MR) is 84.2 cm³/mol. The van der Waals surface area contributed by atoms with Gasteiger partial charge >= 0.3 is 0 Å². The number of rotatable bonds is 3. The van der Waals surface area contributed by atoms with Gasteiger partial charge in [-0.1, -0.05) is 22.0 Å². The van der Waals surface area contributed by atoms with Gasteiger partial charge in [0, 0.05) is 9.86 Å². The van der Waals surface area contributed by atoms with E-state index in [0.717, 1.165) is 21.0 Å². The summed E-state index contributed by atoms with van der Waals surface area (Å²) in [7, 11) is 0. The topological polar surface area (TPSA) is 51.2 Å². The van der Waals surface area contributed by atoms with Crippen molar-refractivity contribution in [2.24, 2.45) is 5.84 Å². The summed E-state index contributed by atoms with van der Waals surface area (Å²) < 4.78 is 20.0. The predicted octanol–water partition coefficient (Wildman–Crippen LogP) is 4.20. The van der Waals surface area contributed by atoms with E-state index in [1.807, 2.05) is 25.1 Å². The van der Waals surface area contributed by atoms with E-state index in [0.29, 0.717) is 11.3 Å². The highest BCUT2D eigenvalue weighted by molar-refractivity contribution is 9.10. The normalized spacial score (nSPS) is 12.8. The van der Waals surface area contributed by atoms with Crippen LogP contribution in [0.15, 0.2) is 51.4 Å². The molecule has 0 aliphatic carbocycles. The van der Waals surface area contributed by atoms with E-state index >= 15 is 0 Å². The molecule has 0 spiro atoms. The highest BCUT2D eigenvalue weighted by Gasteiger charge is 2.18. The summed E-state index contributed by atoms with van der Waals surface area (Å²) in [5.41, 5.74) is 5.48. The van der Waals surface area contributed by atoms with Crippen LogP contribution in [0.1, 0.15) is 22.9 Å². The molecule has 0 fully saturated rings. The fraction of sp³-hybridized carbons (Fsp3) is 0.125. The average molecular weight is 349 g/mol. The molecule has 0 saturated carbocycles. The molecule has 0 aliphatic rings. The van der Waals surface area contributed by atoms with Crippen LogP contribution < -0.4 is 11.3 Å². The number of hydrogen-bond acceptors (Lipinski definition) is 3. The van der Waals surface area contributed by atoms with Gasteiger partial charge in [-0.3, -0.25) is 5.84 Å². The summed E-state index contributed by atoms with van der Waals surface area (Å²) in [6.07, 6.45) is 0. The number of hydrazine groups is 1. The average Bonchev–Trinajstić information content (AvgIpc) is 2.81. The van der Waals surface area contributed by atoms with Gasteiger partial charge < -0.3 is 4.42 Å². The van der Waals surface area contributed by atoms with Crippen LogP contribution in [0.25, 0.3) is 11.0 Å². The fourth-order valence-corrected chi connectivity index (χ4v) is 3.08. The molecular weight excluding hydrogens is 335 g/mol. The number of furan rings is 1. The van der Waals surface area contributed by atoms with Gasteiger partial charge in [-0.05, 0) is 54.4 Å². The quantitative estimate of drug-likeness (QED) is 0.551. The van der Waals surface area contributed by atoms with Crippen LogP contribution in [-0.2, 0) is 0 Å². The molecule has 108 valence electrons. The molecule has 1 aromatic heterocycles. The first-order valence-electron chi connectivity index (χ1n) is 6.49. The van der Waals surface area contributed by atoms with Crippen molar-refractivity contribution in [1.82, 2.24) is 5.43 Å². The zero-order valence-corrected chi connectivity index (χ0v) is 12.9. The number of benzene rings is 2. The van der Waals surface area contributed by atoms with Gasteiger partial charge in [0.05, 0.1) is 0 Å². The first-order valence-corrected chi connectivity index (χ1v) is 7.28. The third-order valence-electron chi connectivity index (χ3n) is 3.35. The van der Waals surface area contributed by atoms with E-state index in [1.54, 1.807) is 12.1 Å². The monoisotopic (exact) mass is 348 g/mol. The van der Waals surface area contributed by atoms with Gasteiger partial charge in [-0.25, -0.2) is 9.82 Å². The summed E-state index contributed by atoms with van der Waals surface area (Å²) in [4.78, 5) is 0. The van der Waals surface area contributed by atoms with Crippen molar-refractivity contribution in [2.75, 3.05) is 0 Å². The summed E-state index contributed by atoms with van der Waals surface area (Å²) in [5, 5.41) is 0.719. The van der Waals surface area contributed by atoms with Crippen molar-refractivity contribution in [3.63, 3.8) is 0 Å². The third-order valence-corrected chi connectivity index (χ3v) is 3.80. The van der Waals surface area contributed by atoms with Crippen molar-refractivity contribution in [3.8, 4) is 0 Å². The van der Waals surface area contributed by atoms with Gasteiger partial charge in [0.2, 0.25) is 0 Å². The molecule has 3 aromatic rings. The highest BCUT2D eigenvalue weighted by Crippen LogP contribution is 2.30. The van der Waals surface area contributed by atoms with E-state index in [2.05, 4.69) is 21.4 Å². The lowest BCUT2D eigenvalue weighted by atomic mass is 10.0. The molecule has 0 amide bonds. The van der Waals surface area contributed by atoms with Crippen LogP contribution in [0.4, 0.5) is 4.39 Å². The number of aryl methyl sites for hydroxylation is 1. The highest BCUT2D eigenvalue weighted by atomic mass is 79.9. The molecule has 1 atom stereocenters. The first kappa shape index (κ1) is 14.3. The van der Waals surface area contributed by atoms with Gasteiger partial charge in [-0.15, -0.1) is 0 Å². The molecule has 3 nitrogen and oxygen atoms in total. The fourth-order valence-electron chi connectivity index (χ4n) is 2.45. The molecule has 5 heteroatoms. The van der Waals surface area contributed by atoms with E-state index < -0.39 is 0 Å². The third kappa shape index (κ3) is 2.85. The van der Waals surface area contributed by atoms with Gasteiger partial charge in [0.15, 0.2) is 0 Å². The molecule has 3 rings (SSSR count). The molecule has 0 aliphatic heterocycles. The van der Waals surface area contributed by atoms with Crippen LogP contribution >= 0.6 is 15.9 Å². The molecule has 1 heterocycles. The second kappa shape index (κ2) is 5.60. The van der Waals surface area contributed by atoms with Gasteiger partial charge in [0.1, 0.15) is 23.2 Å². The Bertz CT molecular complexity index is 780.